The van der Waals surface area contributed by atoms with E-state index in [0.29, 0.717) is 10.9 Å². The molecule has 0 spiro atoms. The lowest BCUT2D eigenvalue weighted by Gasteiger charge is -2.08. The molecular weight excluding hydrogens is 290 g/mol. The second-order valence-electron chi connectivity index (χ2n) is 4.70. The molecule has 5 heteroatoms. The minimum absolute atomic E-state index is 0.600. The molecule has 1 heterocycles. The van der Waals surface area contributed by atoms with Gasteiger partial charge in [-0.15, -0.1) is 0 Å². The van der Waals surface area contributed by atoms with E-state index in [1.165, 1.54) is 17.7 Å². The van der Waals surface area contributed by atoms with Crippen molar-refractivity contribution in [2.24, 2.45) is 0 Å². The predicted molar refractivity (Wildman–Crippen MR) is 81.5 cm³/mol. The maximum Gasteiger partial charge on any atom is 0.160 e. The number of hydrogen-bond acceptors (Lipinski definition) is 2. The van der Waals surface area contributed by atoms with Crippen LogP contribution in [0.5, 0.6) is 0 Å². The molecule has 0 atom stereocenters. The zero-order valence-electron chi connectivity index (χ0n) is 11.4. The lowest BCUT2D eigenvalue weighted by molar-refractivity contribution is 0.510. The van der Waals surface area contributed by atoms with Crippen LogP contribution < -0.4 is 5.32 Å². The van der Waals surface area contributed by atoms with Gasteiger partial charge < -0.3 is 10.3 Å². The van der Waals surface area contributed by atoms with E-state index in [-0.39, 0.29) is 0 Å². The molecule has 1 aromatic heterocycles. The van der Waals surface area contributed by atoms with Crippen molar-refractivity contribution in [1.82, 2.24) is 10.3 Å². The van der Waals surface area contributed by atoms with Crippen molar-refractivity contribution < 1.29 is 8.78 Å². The summed E-state index contributed by atoms with van der Waals surface area (Å²) in [7, 11) is 1.89. The van der Waals surface area contributed by atoms with E-state index < -0.39 is 11.6 Å². The number of benzene rings is 2. The third-order valence-electron chi connectivity index (χ3n) is 3.24. The number of halogens is 2. The number of H-pyrrole nitrogens is 1. The highest BCUT2D eigenvalue weighted by atomic mass is 32.2. The smallest absolute Gasteiger partial charge is 0.160 e. The summed E-state index contributed by atoms with van der Waals surface area (Å²) in [6.07, 6.45) is 1.78. The molecule has 0 aliphatic rings. The van der Waals surface area contributed by atoms with Crippen molar-refractivity contribution in [3.8, 4) is 0 Å². The highest BCUT2D eigenvalue weighted by Gasteiger charge is 2.11. The third kappa shape index (κ3) is 2.80. The molecule has 3 aromatic rings. The quantitative estimate of drug-likeness (QED) is 0.751. The molecule has 0 unspecified atom stereocenters. The van der Waals surface area contributed by atoms with Crippen LogP contribution in [0.3, 0.4) is 0 Å². The number of aromatic amines is 1. The fourth-order valence-electron chi connectivity index (χ4n) is 2.23. The first-order valence-corrected chi connectivity index (χ1v) is 7.37. The van der Waals surface area contributed by atoms with E-state index in [2.05, 4.69) is 10.3 Å². The summed E-state index contributed by atoms with van der Waals surface area (Å²) in [5.41, 5.74) is 1.77. The highest BCUT2D eigenvalue weighted by Crippen LogP contribution is 2.36. The zero-order valence-corrected chi connectivity index (χ0v) is 12.2. The van der Waals surface area contributed by atoms with Crippen LogP contribution in [-0.4, -0.2) is 12.0 Å². The van der Waals surface area contributed by atoms with Crippen molar-refractivity contribution in [3.63, 3.8) is 0 Å². The average molecular weight is 304 g/mol. The van der Waals surface area contributed by atoms with Crippen molar-refractivity contribution in [2.75, 3.05) is 7.05 Å². The van der Waals surface area contributed by atoms with Gasteiger partial charge in [-0.3, -0.25) is 0 Å². The van der Waals surface area contributed by atoms with Crippen LogP contribution >= 0.6 is 11.8 Å². The van der Waals surface area contributed by atoms with Gasteiger partial charge in [-0.05, 0) is 24.7 Å². The molecule has 2 nitrogen and oxygen atoms in total. The van der Waals surface area contributed by atoms with Gasteiger partial charge in [0.2, 0.25) is 0 Å². The molecule has 2 aromatic carbocycles. The monoisotopic (exact) mass is 304 g/mol. The Kier molecular flexibility index (Phi) is 3.94. The Morgan fingerprint density at radius 3 is 2.67 bits per heavy atom. The second kappa shape index (κ2) is 5.87. The van der Waals surface area contributed by atoms with Crippen LogP contribution in [0.25, 0.3) is 10.9 Å². The van der Waals surface area contributed by atoms with Crippen LogP contribution in [0.4, 0.5) is 8.78 Å². The van der Waals surface area contributed by atoms with Gasteiger partial charge in [0.1, 0.15) is 0 Å². The van der Waals surface area contributed by atoms with Gasteiger partial charge in [-0.1, -0.05) is 30.0 Å². The number of fused-ring (bicyclic) bond motifs is 1. The normalized spacial score (nSPS) is 11.2. The third-order valence-corrected chi connectivity index (χ3v) is 4.42. The van der Waals surface area contributed by atoms with Crippen LogP contribution in [0.15, 0.2) is 52.4 Å². The van der Waals surface area contributed by atoms with Crippen molar-refractivity contribution in [3.05, 3.63) is 59.8 Å². The predicted octanol–water partition coefficient (Wildman–Crippen LogP) is 4.32. The zero-order chi connectivity index (χ0) is 14.8. The van der Waals surface area contributed by atoms with Crippen LogP contribution in [0, 0.1) is 11.6 Å². The molecule has 3 rings (SSSR count). The lowest BCUT2D eigenvalue weighted by Crippen LogP contribution is -2.05. The van der Waals surface area contributed by atoms with E-state index in [9.17, 15) is 8.78 Å². The number of hydrogen-bond donors (Lipinski definition) is 2. The van der Waals surface area contributed by atoms with E-state index in [4.69, 9.17) is 0 Å². The largest absolute Gasteiger partial charge is 0.360 e. The molecule has 2 N–H and O–H groups in total. The molecule has 0 aliphatic carbocycles. The van der Waals surface area contributed by atoms with Crippen LogP contribution in [0.1, 0.15) is 5.56 Å². The molecule has 21 heavy (non-hydrogen) atoms. The summed E-state index contributed by atoms with van der Waals surface area (Å²) < 4.78 is 26.7. The Bertz CT molecular complexity index is 783. The van der Waals surface area contributed by atoms with Crippen LogP contribution in [-0.2, 0) is 6.54 Å². The molecule has 0 radical (unpaired) electrons. The molecule has 0 bridgehead atoms. The van der Waals surface area contributed by atoms with Crippen molar-refractivity contribution in [2.45, 2.75) is 16.3 Å². The molecule has 0 saturated carbocycles. The SMILES string of the molecule is CNCc1ccccc1Sc1c[nH]c2cc(F)c(F)cc12. The summed E-state index contributed by atoms with van der Waals surface area (Å²) in [4.78, 5) is 4.96. The number of aromatic nitrogens is 1. The van der Waals surface area contributed by atoms with Crippen LogP contribution in [0.2, 0.25) is 0 Å². The Labute approximate surface area is 125 Å². The van der Waals surface area contributed by atoms with Gasteiger partial charge in [0.25, 0.3) is 0 Å². The molecule has 0 amide bonds. The maximum atomic E-state index is 13.4. The van der Waals surface area contributed by atoms with E-state index in [1.54, 1.807) is 18.0 Å². The average Bonchev–Trinajstić information content (AvgIpc) is 2.84. The molecule has 108 valence electrons. The number of nitrogens with one attached hydrogen (secondary N) is 2. The van der Waals surface area contributed by atoms with Gasteiger partial charge in [0, 0.05) is 39.5 Å². The molecule has 0 fully saturated rings. The van der Waals surface area contributed by atoms with Gasteiger partial charge in [0.05, 0.1) is 0 Å². The molecule has 0 aliphatic heterocycles. The van der Waals surface area contributed by atoms with Gasteiger partial charge >= 0.3 is 0 Å². The Hall–Kier alpha value is -1.85. The Balaban J connectivity index is 2.01. The molecular formula is C16H14F2N2S. The first-order valence-electron chi connectivity index (χ1n) is 6.55. The fraction of sp³-hybridized carbons (Fsp3) is 0.125. The summed E-state index contributed by atoms with van der Waals surface area (Å²) in [5.74, 6) is -1.66. The molecule has 0 saturated heterocycles. The summed E-state index contributed by atoms with van der Waals surface area (Å²) >= 11 is 1.54. The standard InChI is InChI=1S/C16H14F2N2S/c1-19-8-10-4-2-3-5-15(10)21-16-9-20-14-7-13(18)12(17)6-11(14)16/h2-7,9,19-20H,8H2,1H3. The minimum atomic E-state index is -0.837. The van der Waals surface area contributed by atoms with E-state index in [0.717, 1.165) is 16.3 Å². The topological polar surface area (TPSA) is 27.8 Å². The first-order chi connectivity index (χ1) is 10.2. The van der Waals surface area contributed by atoms with Gasteiger partial charge in [-0.25, -0.2) is 8.78 Å². The Morgan fingerprint density at radius 2 is 1.86 bits per heavy atom. The highest BCUT2D eigenvalue weighted by molar-refractivity contribution is 7.99. The van der Waals surface area contributed by atoms with Crippen molar-refractivity contribution >= 4 is 22.7 Å². The number of rotatable bonds is 4. The van der Waals surface area contributed by atoms with E-state index >= 15 is 0 Å². The summed E-state index contributed by atoms with van der Waals surface area (Å²) in [5, 5.41) is 3.82. The van der Waals surface area contributed by atoms with Gasteiger partial charge in [0.15, 0.2) is 11.6 Å². The summed E-state index contributed by atoms with van der Waals surface area (Å²) in [6.45, 7) is 0.758. The van der Waals surface area contributed by atoms with Gasteiger partial charge in [-0.2, -0.15) is 0 Å². The first kappa shape index (κ1) is 14.1. The minimum Gasteiger partial charge on any atom is -0.360 e. The Morgan fingerprint density at radius 1 is 1.10 bits per heavy atom. The second-order valence-corrected chi connectivity index (χ2v) is 5.79. The maximum absolute atomic E-state index is 13.4. The lowest BCUT2D eigenvalue weighted by atomic mass is 10.2. The fourth-order valence-corrected chi connectivity index (χ4v) is 3.29. The van der Waals surface area contributed by atoms with Crippen molar-refractivity contribution in [1.29, 1.82) is 0 Å². The summed E-state index contributed by atoms with van der Waals surface area (Å²) in [6, 6.07) is 10.5. The van der Waals surface area contributed by atoms with E-state index in [1.807, 2.05) is 31.3 Å².